The first-order valence-electron chi connectivity index (χ1n) is 6.36. The fourth-order valence-corrected chi connectivity index (χ4v) is 3.13. The number of rotatable bonds is 2. The third-order valence-electron chi connectivity index (χ3n) is 3.28. The molecule has 0 saturated carbocycles. The van der Waals surface area contributed by atoms with Gasteiger partial charge in [-0.3, -0.25) is 0 Å². The second kappa shape index (κ2) is 4.65. The Kier molecular flexibility index (Phi) is 3.00. The van der Waals surface area contributed by atoms with Crippen molar-refractivity contribution in [3.8, 4) is 5.75 Å². The minimum absolute atomic E-state index is 0.142. The van der Waals surface area contributed by atoms with Crippen molar-refractivity contribution in [2.45, 2.75) is 26.4 Å². The Morgan fingerprint density at radius 3 is 2.94 bits per heavy atom. The number of anilines is 1. The monoisotopic (exact) mass is 259 g/mol. The van der Waals surface area contributed by atoms with E-state index >= 15 is 0 Å². The Balaban J connectivity index is 1.85. The van der Waals surface area contributed by atoms with E-state index in [4.69, 9.17) is 4.74 Å². The summed E-state index contributed by atoms with van der Waals surface area (Å²) in [6.07, 6.45) is 1.20. The maximum absolute atomic E-state index is 6.08. The predicted molar refractivity (Wildman–Crippen MR) is 76.7 cm³/mol. The molecule has 1 N–H and O–H groups in total. The Morgan fingerprint density at radius 2 is 2.22 bits per heavy atom. The molecule has 2 nitrogen and oxygen atoms in total. The molecule has 1 unspecified atom stereocenters. The lowest BCUT2D eigenvalue weighted by Crippen LogP contribution is -2.22. The maximum atomic E-state index is 6.08. The summed E-state index contributed by atoms with van der Waals surface area (Å²) >= 11 is 1.81. The highest BCUT2D eigenvalue weighted by atomic mass is 32.1. The smallest absolute Gasteiger partial charge is 0.150 e. The van der Waals surface area contributed by atoms with Crippen molar-refractivity contribution >= 4 is 17.0 Å². The molecule has 3 rings (SSSR count). The van der Waals surface area contributed by atoms with E-state index in [-0.39, 0.29) is 6.10 Å². The van der Waals surface area contributed by atoms with Crippen molar-refractivity contribution in [1.29, 1.82) is 0 Å². The van der Waals surface area contributed by atoms with E-state index in [1.54, 1.807) is 0 Å². The van der Waals surface area contributed by atoms with E-state index < -0.39 is 0 Å². The lowest BCUT2D eigenvalue weighted by molar-refractivity contribution is 0.214. The minimum atomic E-state index is 0.142. The molecule has 0 amide bonds. The molecule has 1 aromatic heterocycles. The standard InChI is InChI=1S/C15H17NOS/c1-3-11-5-6-13-12(8-11)16-9-14(17-13)15-7-4-10(2)18-15/h4-8,14,16H,3,9H2,1-2H3. The highest BCUT2D eigenvalue weighted by Crippen LogP contribution is 2.36. The molecule has 0 aliphatic carbocycles. The van der Waals surface area contributed by atoms with Crippen LogP contribution in [0.1, 0.15) is 28.3 Å². The van der Waals surface area contributed by atoms with E-state index in [0.717, 1.165) is 24.4 Å². The van der Waals surface area contributed by atoms with Crippen molar-refractivity contribution < 1.29 is 4.74 Å². The number of fused-ring (bicyclic) bond motifs is 1. The fourth-order valence-electron chi connectivity index (χ4n) is 2.22. The number of benzene rings is 1. The summed E-state index contributed by atoms with van der Waals surface area (Å²) in [5, 5.41) is 3.48. The van der Waals surface area contributed by atoms with Gasteiger partial charge in [0.2, 0.25) is 0 Å². The van der Waals surface area contributed by atoms with Gasteiger partial charge in [0.05, 0.1) is 12.2 Å². The topological polar surface area (TPSA) is 21.3 Å². The van der Waals surface area contributed by atoms with Crippen molar-refractivity contribution in [3.63, 3.8) is 0 Å². The van der Waals surface area contributed by atoms with Gasteiger partial charge in [0.1, 0.15) is 5.75 Å². The summed E-state index contributed by atoms with van der Waals surface area (Å²) in [5.41, 5.74) is 2.47. The SMILES string of the molecule is CCc1ccc2c(c1)NCC(c1ccc(C)s1)O2. The van der Waals surface area contributed by atoms with Crippen molar-refractivity contribution in [2.24, 2.45) is 0 Å². The van der Waals surface area contributed by atoms with Crippen LogP contribution in [0.5, 0.6) is 5.75 Å². The first kappa shape index (κ1) is 11.6. The molecule has 1 aliphatic rings. The van der Waals surface area contributed by atoms with E-state index in [0.29, 0.717) is 0 Å². The second-order valence-corrected chi connectivity index (χ2v) is 5.94. The highest BCUT2D eigenvalue weighted by Gasteiger charge is 2.21. The number of ether oxygens (including phenoxy) is 1. The summed E-state index contributed by atoms with van der Waals surface area (Å²) < 4.78 is 6.08. The largest absolute Gasteiger partial charge is 0.481 e. The van der Waals surface area contributed by atoms with Gasteiger partial charge in [-0.25, -0.2) is 0 Å². The molecule has 94 valence electrons. The van der Waals surface area contributed by atoms with Crippen LogP contribution in [0.2, 0.25) is 0 Å². The van der Waals surface area contributed by atoms with Gasteiger partial charge in [-0.2, -0.15) is 0 Å². The fraction of sp³-hybridized carbons (Fsp3) is 0.333. The van der Waals surface area contributed by atoms with Crippen LogP contribution >= 0.6 is 11.3 Å². The predicted octanol–water partition coefficient (Wildman–Crippen LogP) is 4.16. The molecule has 1 atom stereocenters. The van der Waals surface area contributed by atoms with Crippen LogP contribution in [0.15, 0.2) is 30.3 Å². The lowest BCUT2D eigenvalue weighted by atomic mass is 10.1. The molecule has 0 saturated heterocycles. The van der Waals surface area contributed by atoms with Crippen molar-refractivity contribution in [3.05, 3.63) is 45.6 Å². The number of thiophene rings is 1. The Morgan fingerprint density at radius 1 is 1.33 bits per heavy atom. The second-order valence-electron chi connectivity index (χ2n) is 4.62. The van der Waals surface area contributed by atoms with Gasteiger partial charge in [0.15, 0.2) is 6.10 Å². The number of hydrogen-bond acceptors (Lipinski definition) is 3. The zero-order valence-corrected chi connectivity index (χ0v) is 11.5. The van der Waals surface area contributed by atoms with Crippen LogP contribution in [0.25, 0.3) is 0 Å². The molecule has 1 aromatic carbocycles. The average molecular weight is 259 g/mol. The molecule has 2 heterocycles. The lowest BCUT2D eigenvalue weighted by Gasteiger charge is -2.27. The third-order valence-corrected chi connectivity index (χ3v) is 4.37. The molecule has 2 aromatic rings. The first-order valence-corrected chi connectivity index (χ1v) is 7.17. The zero-order valence-electron chi connectivity index (χ0n) is 10.7. The highest BCUT2D eigenvalue weighted by molar-refractivity contribution is 7.12. The van der Waals surface area contributed by atoms with Crippen molar-refractivity contribution in [2.75, 3.05) is 11.9 Å². The molecule has 0 bridgehead atoms. The van der Waals surface area contributed by atoms with Gasteiger partial charge in [0.25, 0.3) is 0 Å². The third kappa shape index (κ3) is 2.10. The summed E-state index contributed by atoms with van der Waals surface area (Å²) in [7, 11) is 0. The van der Waals surface area contributed by atoms with Crippen LogP contribution in [-0.2, 0) is 6.42 Å². The van der Waals surface area contributed by atoms with Crippen molar-refractivity contribution in [1.82, 2.24) is 0 Å². The Hall–Kier alpha value is -1.48. The van der Waals surface area contributed by atoms with Crippen LogP contribution in [-0.4, -0.2) is 6.54 Å². The zero-order chi connectivity index (χ0) is 12.5. The molecule has 0 spiro atoms. The minimum Gasteiger partial charge on any atom is -0.481 e. The Labute approximate surface area is 112 Å². The summed E-state index contributed by atoms with van der Waals surface area (Å²) in [5.74, 6) is 0.967. The van der Waals surface area contributed by atoms with Gasteiger partial charge in [-0.05, 0) is 43.2 Å². The van der Waals surface area contributed by atoms with E-state index in [1.165, 1.54) is 15.3 Å². The van der Waals surface area contributed by atoms with E-state index in [2.05, 4.69) is 49.5 Å². The number of nitrogens with one attached hydrogen (secondary N) is 1. The summed E-state index contributed by atoms with van der Waals surface area (Å²) in [6.45, 7) is 5.15. The molecular weight excluding hydrogens is 242 g/mol. The molecule has 0 fully saturated rings. The van der Waals surface area contributed by atoms with Crippen LogP contribution < -0.4 is 10.1 Å². The van der Waals surface area contributed by atoms with Crippen LogP contribution in [0, 0.1) is 6.92 Å². The van der Waals surface area contributed by atoms with Gasteiger partial charge in [0, 0.05) is 9.75 Å². The maximum Gasteiger partial charge on any atom is 0.150 e. The molecular formula is C15H17NOS. The summed E-state index contributed by atoms with van der Waals surface area (Å²) in [4.78, 5) is 2.63. The summed E-state index contributed by atoms with van der Waals surface area (Å²) in [6, 6.07) is 10.7. The average Bonchev–Trinajstić information content (AvgIpc) is 2.84. The van der Waals surface area contributed by atoms with Gasteiger partial charge >= 0.3 is 0 Å². The number of aryl methyl sites for hydroxylation is 2. The number of hydrogen-bond donors (Lipinski definition) is 1. The van der Waals surface area contributed by atoms with Gasteiger partial charge in [-0.1, -0.05) is 13.0 Å². The molecule has 0 radical (unpaired) electrons. The van der Waals surface area contributed by atoms with Gasteiger partial charge in [-0.15, -0.1) is 11.3 Å². The van der Waals surface area contributed by atoms with E-state index in [9.17, 15) is 0 Å². The Bertz CT molecular complexity index is 561. The molecule has 18 heavy (non-hydrogen) atoms. The quantitative estimate of drug-likeness (QED) is 0.874. The van der Waals surface area contributed by atoms with Gasteiger partial charge < -0.3 is 10.1 Å². The normalized spacial score (nSPS) is 17.8. The van der Waals surface area contributed by atoms with E-state index in [1.807, 2.05) is 11.3 Å². The molecule has 1 aliphatic heterocycles. The first-order chi connectivity index (χ1) is 8.76. The van der Waals surface area contributed by atoms with Crippen LogP contribution in [0.4, 0.5) is 5.69 Å². The van der Waals surface area contributed by atoms with Crippen LogP contribution in [0.3, 0.4) is 0 Å². The molecule has 3 heteroatoms.